The van der Waals surface area contributed by atoms with Crippen LogP contribution in [-0.4, -0.2) is 55.2 Å². The molecule has 1 heterocycles. The third kappa shape index (κ3) is 5.81. The summed E-state index contributed by atoms with van der Waals surface area (Å²) < 4.78 is 13.7. The lowest BCUT2D eigenvalue weighted by Gasteiger charge is -2.32. The fourth-order valence-electron chi connectivity index (χ4n) is 3.46. The molecule has 0 aromatic heterocycles. The third-order valence-corrected chi connectivity index (χ3v) is 6.20. The average Bonchev–Trinajstić information content (AvgIpc) is 2.70. The summed E-state index contributed by atoms with van der Waals surface area (Å²) in [6.07, 6.45) is 0. The highest BCUT2D eigenvalue weighted by atomic mass is 32.2. The number of hydrogen-bond donors (Lipinski definition) is 2. The van der Waals surface area contributed by atoms with Crippen LogP contribution in [0.3, 0.4) is 0 Å². The molecule has 154 valence electrons. The zero-order chi connectivity index (χ0) is 20.8. The van der Waals surface area contributed by atoms with Gasteiger partial charge in [0, 0.05) is 10.6 Å². The van der Waals surface area contributed by atoms with Gasteiger partial charge in [0.25, 0.3) is 5.91 Å². The first-order valence-corrected chi connectivity index (χ1v) is 10.8. The van der Waals surface area contributed by atoms with Gasteiger partial charge in [-0.2, -0.15) is 0 Å². The number of nitrogens with one attached hydrogen (secondary N) is 2. The maximum Gasteiger partial charge on any atom is 0.279 e. The van der Waals surface area contributed by atoms with E-state index in [-0.39, 0.29) is 23.4 Å². The van der Waals surface area contributed by atoms with Crippen molar-refractivity contribution in [2.24, 2.45) is 0 Å². The number of piperazine rings is 1. The molecule has 7 heteroatoms. The van der Waals surface area contributed by atoms with Crippen LogP contribution in [0.15, 0.2) is 47.4 Å². The molecule has 29 heavy (non-hydrogen) atoms. The van der Waals surface area contributed by atoms with Crippen LogP contribution in [0.4, 0.5) is 10.1 Å². The van der Waals surface area contributed by atoms with Gasteiger partial charge in [-0.25, -0.2) is 4.39 Å². The van der Waals surface area contributed by atoms with E-state index in [1.807, 2.05) is 32.0 Å². The Morgan fingerprint density at radius 1 is 1.07 bits per heavy atom. The minimum absolute atomic E-state index is 0.00714. The minimum atomic E-state index is -0.297. The second-order valence-electron chi connectivity index (χ2n) is 7.34. The van der Waals surface area contributed by atoms with Crippen molar-refractivity contribution in [3.05, 3.63) is 59.4 Å². The molecule has 5 nitrogen and oxygen atoms in total. The first-order chi connectivity index (χ1) is 13.9. The van der Waals surface area contributed by atoms with Crippen LogP contribution in [0, 0.1) is 19.7 Å². The number of hydrogen-bond acceptors (Lipinski definition) is 3. The molecular formula is C22H27FN3O2S+. The minimum Gasteiger partial charge on any atom is -0.331 e. The Balaban J connectivity index is 1.43. The molecule has 3 rings (SSSR count). The molecule has 2 N–H and O–H groups in total. The van der Waals surface area contributed by atoms with Crippen LogP contribution in [0.1, 0.15) is 11.1 Å². The lowest BCUT2D eigenvalue weighted by molar-refractivity contribution is -0.895. The van der Waals surface area contributed by atoms with Gasteiger partial charge in [-0.05, 0) is 37.1 Å². The fourth-order valence-corrected chi connectivity index (χ4v) is 4.31. The summed E-state index contributed by atoms with van der Waals surface area (Å²) >= 11 is 1.23. The van der Waals surface area contributed by atoms with Gasteiger partial charge in [0.15, 0.2) is 6.54 Å². The molecule has 0 spiro atoms. The SMILES string of the molecule is Cc1cccc(C)c1NC(=O)C[NH+]1CCN(C(=O)CSc2ccccc2F)CC1. The molecule has 2 aromatic carbocycles. The van der Waals surface area contributed by atoms with Crippen molar-refractivity contribution in [3.8, 4) is 0 Å². The first kappa shape index (κ1) is 21.3. The van der Waals surface area contributed by atoms with Gasteiger partial charge in [0.2, 0.25) is 5.91 Å². The summed E-state index contributed by atoms with van der Waals surface area (Å²) in [5.41, 5.74) is 2.99. The number of halogens is 1. The highest BCUT2D eigenvalue weighted by molar-refractivity contribution is 8.00. The van der Waals surface area contributed by atoms with E-state index in [4.69, 9.17) is 0 Å². The number of rotatable bonds is 6. The Bertz CT molecular complexity index is 862. The summed E-state index contributed by atoms with van der Waals surface area (Å²) in [6, 6.07) is 12.4. The molecule has 1 saturated heterocycles. The smallest absolute Gasteiger partial charge is 0.279 e. The van der Waals surface area contributed by atoms with E-state index >= 15 is 0 Å². The number of nitrogens with zero attached hydrogens (tertiary/aromatic N) is 1. The lowest BCUT2D eigenvalue weighted by Crippen LogP contribution is -3.15. The standard InChI is InChI=1S/C22H26FN3O2S/c1-16-6-5-7-17(2)22(16)24-20(27)14-25-10-12-26(13-11-25)21(28)15-29-19-9-4-3-8-18(19)23/h3-9H,10-15H2,1-2H3,(H,24,27)/p+1. The van der Waals surface area contributed by atoms with Gasteiger partial charge in [-0.3, -0.25) is 9.59 Å². The van der Waals surface area contributed by atoms with Crippen molar-refractivity contribution >= 4 is 29.3 Å². The number of carbonyl (C=O) groups is 2. The number of amides is 2. The summed E-state index contributed by atoms with van der Waals surface area (Å²) in [4.78, 5) is 28.3. The molecule has 1 aliphatic rings. The molecule has 0 radical (unpaired) electrons. The normalized spacial score (nSPS) is 14.7. The number of carbonyl (C=O) groups excluding carboxylic acids is 2. The summed E-state index contributed by atoms with van der Waals surface area (Å²) in [7, 11) is 0. The summed E-state index contributed by atoms with van der Waals surface area (Å²) in [5.74, 6) is -0.0670. The third-order valence-electron chi connectivity index (χ3n) is 5.17. The Morgan fingerprint density at radius 2 is 1.72 bits per heavy atom. The van der Waals surface area contributed by atoms with Gasteiger partial charge in [0.1, 0.15) is 5.82 Å². The molecule has 1 fully saturated rings. The molecule has 2 aromatic rings. The first-order valence-electron chi connectivity index (χ1n) is 9.79. The van der Waals surface area contributed by atoms with Crippen LogP contribution in [0.2, 0.25) is 0 Å². The Kier molecular flexibility index (Phi) is 7.28. The van der Waals surface area contributed by atoms with Crippen LogP contribution in [-0.2, 0) is 9.59 Å². The van der Waals surface area contributed by atoms with Gasteiger partial charge in [-0.15, -0.1) is 11.8 Å². The van der Waals surface area contributed by atoms with Gasteiger partial charge < -0.3 is 15.1 Å². The molecule has 1 aliphatic heterocycles. The van der Waals surface area contributed by atoms with Crippen LogP contribution in [0.5, 0.6) is 0 Å². The molecule has 0 aliphatic carbocycles. The predicted molar refractivity (Wildman–Crippen MR) is 114 cm³/mol. The number of para-hydroxylation sites is 1. The zero-order valence-corrected chi connectivity index (χ0v) is 17.7. The molecular weight excluding hydrogens is 389 g/mol. The molecule has 2 amide bonds. The van der Waals surface area contributed by atoms with E-state index in [0.29, 0.717) is 24.5 Å². The van der Waals surface area contributed by atoms with Gasteiger partial charge in [0.05, 0.1) is 31.9 Å². The predicted octanol–water partition coefficient (Wildman–Crippen LogP) is 1.90. The Hall–Kier alpha value is -2.38. The highest BCUT2D eigenvalue weighted by Gasteiger charge is 2.25. The van der Waals surface area contributed by atoms with E-state index in [1.54, 1.807) is 23.1 Å². The number of thioether (sulfide) groups is 1. The van der Waals surface area contributed by atoms with Crippen LogP contribution >= 0.6 is 11.8 Å². The van der Waals surface area contributed by atoms with Gasteiger partial charge in [-0.1, -0.05) is 30.3 Å². The highest BCUT2D eigenvalue weighted by Crippen LogP contribution is 2.21. The largest absolute Gasteiger partial charge is 0.331 e. The number of benzene rings is 2. The number of anilines is 1. The monoisotopic (exact) mass is 416 g/mol. The number of aryl methyl sites for hydroxylation is 2. The van der Waals surface area contributed by atoms with Crippen molar-refractivity contribution in [1.82, 2.24) is 4.90 Å². The van der Waals surface area contributed by atoms with E-state index in [0.717, 1.165) is 29.9 Å². The van der Waals surface area contributed by atoms with Crippen molar-refractivity contribution in [1.29, 1.82) is 0 Å². The summed E-state index contributed by atoms with van der Waals surface area (Å²) in [6.45, 7) is 7.05. The Morgan fingerprint density at radius 3 is 2.38 bits per heavy atom. The fraction of sp³-hybridized carbons (Fsp3) is 0.364. The topological polar surface area (TPSA) is 53.9 Å². The van der Waals surface area contributed by atoms with Crippen molar-refractivity contribution in [2.45, 2.75) is 18.7 Å². The van der Waals surface area contributed by atoms with E-state index in [2.05, 4.69) is 5.32 Å². The van der Waals surface area contributed by atoms with E-state index < -0.39 is 0 Å². The quantitative estimate of drug-likeness (QED) is 0.708. The van der Waals surface area contributed by atoms with Crippen molar-refractivity contribution in [3.63, 3.8) is 0 Å². The maximum absolute atomic E-state index is 13.7. The lowest BCUT2D eigenvalue weighted by atomic mass is 10.1. The Labute approximate surface area is 175 Å². The summed E-state index contributed by atoms with van der Waals surface area (Å²) in [5, 5.41) is 3.02. The van der Waals surface area contributed by atoms with E-state index in [9.17, 15) is 14.0 Å². The van der Waals surface area contributed by atoms with Crippen molar-refractivity contribution < 1.29 is 18.9 Å². The molecule has 0 atom stereocenters. The molecule has 0 unspecified atom stereocenters. The second kappa shape index (κ2) is 9.89. The van der Waals surface area contributed by atoms with Crippen LogP contribution < -0.4 is 10.2 Å². The van der Waals surface area contributed by atoms with Gasteiger partial charge >= 0.3 is 0 Å². The molecule has 0 saturated carbocycles. The molecule has 0 bridgehead atoms. The maximum atomic E-state index is 13.7. The van der Waals surface area contributed by atoms with Crippen molar-refractivity contribution in [2.75, 3.05) is 43.8 Å². The van der Waals surface area contributed by atoms with Crippen LogP contribution in [0.25, 0.3) is 0 Å². The average molecular weight is 417 g/mol. The number of quaternary nitrogens is 1. The zero-order valence-electron chi connectivity index (χ0n) is 16.8. The van der Waals surface area contributed by atoms with E-state index in [1.165, 1.54) is 22.7 Å². The second-order valence-corrected chi connectivity index (χ2v) is 8.36.